The number of ether oxygens (including phenoxy) is 2. The zero-order valence-electron chi connectivity index (χ0n) is 19.6. The number of hydrogen-bond acceptors (Lipinski definition) is 5. The van der Waals surface area contributed by atoms with Crippen molar-refractivity contribution in [2.24, 2.45) is 0 Å². The topological polar surface area (TPSA) is 100 Å². The summed E-state index contributed by atoms with van der Waals surface area (Å²) >= 11 is 8.14. The smallest absolute Gasteiger partial charge is 0.266 e. The number of hydrogen-bond donors (Lipinski definition) is 2. The molecule has 9 heteroatoms. The molecule has 0 bridgehead atoms. The van der Waals surface area contributed by atoms with Crippen molar-refractivity contribution >= 4 is 63.5 Å². The van der Waals surface area contributed by atoms with Crippen LogP contribution < -0.4 is 20.1 Å². The van der Waals surface area contributed by atoms with E-state index in [9.17, 15) is 14.9 Å². The second-order valence-corrected chi connectivity index (χ2v) is 9.14. The lowest BCUT2D eigenvalue weighted by Gasteiger charge is -2.15. The van der Waals surface area contributed by atoms with Gasteiger partial charge in [0.2, 0.25) is 0 Å². The van der Waals surface area contributed by atoms with Crippen molar-refractivity contribution < 1.29 is 19.1 Å². The Morgan fingerprint density at radius 2 is 1.81 bits per heavy atom. The minimum Gasteiger partial charge on any atom is -0.490 e. The summed E-state index contributed by atoms with van der Waals surface area (Å²) in [5.41, 5.74) is 2.65. The van der Waals surface area contributed by atoms with Crippen LogP contribution in [0, 0.1) is 21.8 Å². The summed E-state index contributed by atoms with van der Waals surface area (Å²) in [5.74, 6) is -0.139. The van der Waals surface area contributed by atoms with Crippen molar-refractivity contribution in [1.29, 1.82) is 5.26 Å². The number of aryl methyl sites for hydroxylation is 1. The minimum absolute atomic E-state index is 0.0680. The molecule has 0 aromatic heterocycles. The Kier molecular flexibility index (Phi) is 9.73. The summed E-state index contributed by atoms with van der Waals surface area (Å²) in [6, 6.07) is 19.5. The third-order valence-electron chi connectivity index (χ3n) is 4.81. The van der Waals surface area contributed by atoms with E-state index in [1.54, 1.807) is 48.5 Å². The summed E-state index contributed by atoms with van der Waals surface area (Å²) in [7, 11) is 0. The van der Waals surface area contributed by atoms with E-state index in [4.69, 9.17) is 21.1 Å². The molecular formula is C27H23ClIN3O4. The number of nitriles is 1. The van der Waals surface area contributed by atoms with Crippen LogP contribution in [0.25, 0.3) is 6.08 Å². The molecule has 3 rings (SSSR count). The fourth-order valence-electron chi connectivity index (χ4n) is 3.11. The molecule has 0 spiro atoms. The third kappa shape index (κ3) is 7.47. The zero-order valence-corrected chi connectivity index (χ0v) is 22.5. The normalized spacial score (nSPS) is 10.8. The first kappa shape index (κ1) is 27.0. The molecular weight excluding hydrogens is 593 g/mol. The van der Waals surface area contributed by atoms with E-state index in [0.29, 0.717) is 43.6 Å². The SMILES string of the molecule is CCOc1cc(/C=C(/C#N)C(=O)Nc2ccc(C)cc2)cc(I)c1OCC(=O)Nc1ccccc1Cl. The molecule has 0 radical (unpaired) electrons. The van der Waals surface area contributed by atoms with Gasteiger partial charge in [-0.25, -0.2) is 0 Å². The standard InChI is InChI=1S/C27H23ClIN3O4/c1-3-35-24-14-18(12-19(15-30)27(34)31-20-10-8-17(2)9-11-20)13-22(29)26(24)36-16-25(33)32-23-7-5-4-6-21(23)28/h4-14H,3,16H2,1-2H3,(H,31,34)(H,32,33)/b19-12-. The number of nitrogens with zero attached hydrogens (tertiary/aromatic N) is 1. The van der Waals surface area contributed by atoms with Crippen molar-refractivity contribution in [1.82, 2.24) is 0 Å². The van der Waals surface area contributed by atoms with Crippen LogP contribution in [-0.4, -0.2) is 25.0 Å². The molecule has 0 unspecified atom stereocenters. The van der Waals surface area contributed by atoms with Crippen LogP contribution >= 0.6 is 34.2 Å². The predicted octanol–water partition coefficient (Wildman–Crippen LogP) is 6.21. The summed E-state index contributed by atoms with van der Waals surface area (Å²) in [6.45, 7) is 3.85. The number of carbonyl (C=O) groups is 2. The predicted molar refractivity (Wildman–Crippen MR) is 149 cm³/mol. The van der Waals surface area contributed by atoms with Gasteiger partial charge in [0.15, 0.2) is 18.1 Å². The largest absolute Gasteiger partial charge is 0.490 e. The van der Waals surface area contributed by atoms with Crippen LogP contribution in [0.15, 0.2) is 66.2 Å². The fourth-order valence-corrected chi connectivity index (χ4v) is 4.08. The van der Waals surface area contributed by atoms with Crippen molar-refractivity contribution in [3.63, 3.8) is 0 Å². The molecule has 0 fully saturated rings. The number of amides is 2. The van der Waals surface area contributed by atoms with E-state index in [0.717, 1.165) is 5.56 Å². The number of carbonyl (C=O) groups excluding carboxylic acids is 2. The summed E-state index contributed by atoms with van der Waals surface area (Å²) in [6.07, 6.45) is 1.47. The second-order valence-electron chi connectivity index (χ2n) is 7.57. The van der Waals surface area contributed by atoms with Gasteiger partial charge >= 0.3 is 0 Å². The van der Waals surface area contributed by atoms with E-state index < -0.39 is 5.91 Å². The van der Waals surface area contributed by atoms with Gasteiger partial charge in [-0.15, -0.1) is 0 Å². The molecule has 36 heavy (non-hydrogen) atoms. The molecule has 0 aliphatic rings. The number of para-hydroxylation sites is 1. The van der Waals surface area contributed by atoms with Crippen LogP contribution in [0.4, 0.5) is 11.4 Å². The maximum absolute atomic E-state index is 12.6. The van der Waals surface area contributed by atoms with Crippen molar-refractivity contribution in [3.8, 4) is 17.6 Å². The first-order valence-corrected chi connectivity index (χ1v) is 12.4. The average Bonchev–Trinajstić information content (AvgIpc) is 2.85. The lowest BCUT2D eigenvalue weighted by molar-refractivity contribution is -0.118. The Hall–Kier alpha value is -3.55. The average molecular weight is 616 g/mol. The lowest BCUT2D eigenvalue weighted by atomic mass is 10.1. The lowest BCUT2D eigenvalue weighted by Crippen LogP contribution is -2.21. The zero-order chi connectivity index (χ0) is 26.1. The third-order valence-corrected chi connectivity index (χ3v) is 5.94. The highest BCUT2D eigenvalue weighted by molar-refractivity contribution is 14.1. The van der Waals surface area contributed by atoms with Crippen molar-refractivity contribution in [2.45, 2.75) is 13.8 Å². The Balaban J connectivity index is 1.77. The van der Waals surface area contributed by atoms with Gasteiger partial charge in [-0.05, 0) is 84.5 Å². The van der Waals surface area contributed by atoms with E-state index in [-0.39, 0.29) is 18.1 Å². The molecule has 3 aromatic rings. The molecule has 0 aliphatic carbocycles. The Morgan fingerprint density at radius 1 is 1.08 bits per heavy atom. The van der Waals surface area contributed by atoms with Gasteiger partial charge in [0.25, 0.3) is 11.8 Å². The van der Waals surface area contributed by atoms with Gasteiger partial charge < -0.3 is 20.1 Å². The number of benzene rings is 3. The summed E-state index contributed by atoms with van der Waals surface area (Å²) in [5, 5.41) is 15.4. The highest BCUT2D eigenvalue weighted by Gasteiger charge is 2.16. The molecule has 0 atom stereocenters. The van der Waals surface area contributed by atoms with Crippen molar-refractivity contribution in [2.75, 3.05) is 23.8 Å². The van der Waals surface area contributed by atoms with Gasteiger partial charge in [-0.2, -0.15) is 5.26 Å². The number of rotatable bonds is 9. The maximum atomic E-state index is 12.6. The van der Waals surface area contributed by atoms with E-state index in [1.165, 1.54) is 6.08 Å². The summed E-state index contributed by atoms with van der Waals surface area (Å²) in [4.78, 5) is 25.0. The Morgan fingerprint density at radius 3 is 2.47 bits per heavy atom. The highest BCUT2D eigenvalue weighted by atomic mass is 127. The molecule has 2 N–H and O–H groups in total. The molecule has 2 amide bonds. The first-order chi connectivity index (χ1) is 17.3. The van der Waals surface area contributed by atoms with Crippen LogP contribution in [0.1, 0.15) is 18.1 Å². The van der Waals surface area contributed by atoms with Gasteiger partial charge in [-0.3, -0.25) is 9.59 Å². The molecule has 0 saturated heterocycles. The van der Waals surface area contributed by atoms with Gasteiger partial charge in [-0.1, -0.05) is 41.4 Å². The van der Waals surface area contributed by atoms with E-state index in [2.05, 4.69) is 33.2 Å². The number of anilines is 2. The second kappa shape index (κ2) is 13.0. The van der Waals surface area contributed by atoms with Crippen LogP contribution in [0.3, 0.4) is 0 Å². The highest BCUT2D eigenvalue weighted by Crippen LogP contribution is 2.35. The molecule has 0 saturated carbocycles. The van der Waals surface area contributed by atoms with Crippen LogP contribution in [-0.2, 0) is 9.59 Å². The van der Waals surface area contributed by atoms with Crippen molar-refractivity contribution in [3.05, 3.63) is 86.0 Å². The Labute approximate surface area is 228 Å². The molecule has 0 aliphatic heterocycles. The van der Waals surface area contributed by atoms with Crippen LogP contribution in [0.5, 0.6) is 11.5 Å². The Bertz CT molecular complexity index is 1330. The maximum Gasteiger partial charge on any atom is 0.266 e. The molecule has 3 aromatic carbocycles. The monoisotopic (exact) mass is 615 g/mol. The van der Waals surface area contributed by atoms with Gasteiger partial charge in [0.1, 0.15) is 11.6 Å². The molecule has 7 nitrogen and oxygen atoms in total. The van der Waals surface area contributed by atoms with Gasteiger partial charge in [0, 0.05) is 5.69 Å². The first-order valence-electron chi connectivity index (χ1n) is 10.9. The molecule has 184 valence electrons. The quantitative estimate of drug-likeness (QED) is 0.169. The minimum atomic E-state index is -0.522. The summed E-state index contributed by atoms with van der Waals surface area (Å²) < 4.78 is 12.1. The number of nitrogens with one attached hydrogen (secondary N) is 2. The van der Waals surface area contributed by atoms with E-state index in [1.807, 2.05) is 32.0 Å². The van der Waals surface area contributed by atoms with Gasteiger partial charge in [0.05, 0.1) is 20.9 Å². The fraction of sp³-hybridized carbons (Fsp3) is 0.148. The van der Waals surface area contributed by atoms with Crippen LogP contribution in [0.2, 0.25) is 5.02 Å². The number of halogens is 2. The van der Waals surface area contributed by atoms with E-state index >= 15 is 0 Å². The molecule has 0 heterocycles.